The van der Waals surface area contributed by atoms with Gasteiger partial charge in [-0.25, -0.2) is 4.79 Å². The van der Waals surface area contributed by atoms with Crippen molar-refractivity contribution in [2.24, 2.45) is 0 Å². The normalized spacial score (nSPS) is 11.1. The van der Waals surface area contributed by atoms with Gasteiger partial charge in [0, 0.05) is 28.7 Å². The fourth-order valence-corrected chi connectivity index (χ4v) is 2.12. The Morgan fingerprint density at radius 1 is 1.50 bits per heavy atom. The van der Waals surface area contributed by atoms with Gasteiger partial charge in [0.25, 0.3) is 0 Å². The minimum atomic E-state index is -0.571. The van der Waals surface area contributed by atoms with E-state index in [-0.39, 0.29) is 12.4 Å². The van der Waals surface area contributed by atoms with Gasteiger partial charge in [-0.15, -0.1) is 11.5 Å². The van der Waals surface area contributed by atoms with E-state index in [1.54, 1.807) is 13.2 Å². The summed E-state index contributed by atoms with van der Waals surface area (Å²) in [6.07, 6.45) is 10.4. The first-order valence-corrected chi connectivity index (χ1v) is 6.56. The highest BCUT2D eigenvalue weighted by molar-refractivity contribution is 5.92. The van der Waals surface area contributed by atoms with Crippen molar-refractivity contribution in [3.8, 4) is 18.1 Å². The number of aromatic amines is 1. The summed E-state index contributed by atoms with van der Waals surface area (Å²) in [5.41, 5.74) is 1.92. The Kier molecular flexibility index (Phi) is 3.54. The standard InChI is InChI=1S/C16H13N3O3/c1-3-8-19-16(20)22-15(18-19)7-4-11-10-17-14-6-5-12(21-2)9-13(11)14/h1,4-7,9-10,17H,8H2,2H3/b7-4+. The average Bonchev–Trinajstić information content (AvgIpc) is 3.09. The van der Waals surface area contributed by atoms with Gasteiger partial charge >= 0.3 is 5.76 Å². The first-order chi connectivity index (χ1) is 10.7. The van der Waals surface area contributed by atoms with E-state index in [9.17, 15) is 4.79 Å². The van der Waals surface area contributed by atoms with Crippen molar-refractivity contribution < 1.29 is 9.15 Å². The van der Waals surface area contributed by atoms with Gasteiger partial charge in [0.05, 0.1) is 7.11 Å². The molecule has 22 heavy (non-hydrogen) atoms. The Bertz CT molecular complexity index is 938. The molecule has 110 valence electrons. The topological polar surface area (TPSA) is 73.1 Å². The summed E-state index contributed by atoms with van der Waals surface area (Å²) < 4.78 is 11.3. The Labute approximate surface area is 126 Å². The summed E-state index contributed by atoms with van der Waals surface area (Å²) in [5, 5.41) is 4.99. The quantitative estimate of drug-likeness (QED) is 0.748. The molecule has 1 N–H and O–H groups in total. The van der Waals surface area contributed by atoms with Crippen LogP contribution in [0.2, 0.25) is 0 Å². The summed E-state index contributed by atoms with van der Waals surface area (Å²) in [5.74, 6) is 2.75. The molecular formula is C16H13N3O3. The van der Waals surface area contributed by atoms with Crippen LogP contribution in [0.15, 0.2) is 33.6 Å². The van der Waals surface area contributed by atoms with E-state index in [1.807, 2.05) is 30.5 Å². The Morgan fingerprint density at radius 2 is 2.36 bits per heavy atom. The zero-order valence-electron chi connectivity index (χ0n) is 11.9. The van der Waals surface area contributed by atoms with Crippen molar-refractivity contribution in [1.29, 1.82) is 0 Å². The molecule has 0 aliphatic heterocycles. The summed E-state index contributed by atoms with van der Waals surface area (Å²) in [6, 6.07) is 5.75. The van der Waals surface area contributed by atoms with E-state index in [2.05, 4.69) is 16.0 Å². The molecule has 0 spiro atoms. The fraction of sp³-hybridized carbons (Fsp3) is 0.125. The lowest BCUT2D eigenvalue weighted by Gasteiger charge is -1.99. The van der Waals surface area contributed by atoms with E-state index >= 15 is 0 Å². The largest absolute Gasteiger partial charge is 0.497 e. The molecule has 0 saturated carbocycles. The Balaban J connectivity index is 1.94. The second-order valence-electron chi connectivity index (χ2n) is 4.56. The first kappa shape index (κ1) is 13.8. The van der Waals surface area contributed by atoms with Crippen molar-refractivity contribution in [3.05, 3.63) is 46.4 Å². The van der Waals surface area contributed by atoms with E-state index in [4.69, 9.17) is 15.6 Å². The van der Waals surface area contributed by atoms with Crippen LogP contribution in [0.5, 0.6) is 5.75 Å². The molecule has 2 heterocycles. The lowest BCUT2D eigenvalue weighted by molar-refractivity contribution is 0.415. The van der Waals surface area contributed by atoms with Crippen LogP contribution in [0.1, 0.15) is 11.5 Å². The van der Waals surface area contributed by atoms with Crippen molar-refractivity contribution in [2.75, 3.05) is 7.11 Å². The monoisotopic (exact) mass is 295 g/mol. The smallest absolute Gasteiger partial charge is 0.438 e. The second kappa shape index (κ2) is 5.66. The van der Waals surface area contributed by atoms with Gasteiger partial charge in [-0.2, -0.15) is 4.68 Å². The highest BCUT2D eigenvalue weighted by atomic mass is 16.5. The molecule has 0 fully saturated rings. The number of aromatic nitrogens is 3. The van der Waals surface area contributed by atoms with Crippen LogP contribution in [-0.4, -0.2) is 21.9 Å². The molecule has 0 aliphatic rings. The maximum absolute atomic E-state index is 11.5. The van der Waals surface area contributed by atoms with Crippen molar-refractivity contribution >= 4 is 23.1 Å². The lowest BCUT2D eigenvalue weighted by atomic mass is 10.1. The molecule has 6 nitrogen and oxygen atoms in total. The summed E-state index contributed by atoms with van der Waals surface area (Å²) in [4.78, 5) is 14.6. The van der Waals surface area contributed by atoms with Crippen LogP contribution in [0, 0.1) is 12.3 Å². The van der Waals surface area contributed by atoms with E-state index in [1.165, 1.54) is 0 Å². The number of terminal acetylenes is 1. The molecule has 3 rings (SSSR count). The third-order valence-corrected chi connectivity index (χ3v) is 3.19. The van der Waals surface area contributed by atoms with Gasteiger partial charge in [0.2, 0.25) is 5.89 Å². The van der Waals surface area contributed by atoms with Crippen molar-refractivity contribution in [2.45, 2.75) is 6.54 Å². The van der Waals surface area contributed by atoms with Gasteiger partial charge in [-0.3, -0.25) is 0 Å². The SMILES string of the molecule is C#CCn1nc(/C=C/c2c[nH]c3ccc(OC)cc23)oc1=O. The van der Waals surface area contributed by atoms with Crippen LogP contribution in [0.25, 0.3) is 23.1 Å². The predicted molar refractivity (Wildman–Crippen MR) is 83.4 cm³/mol. The van der Waals surface area contributed by atoms with Gasteiger partial charge in [0.1, 0.15) is 12.3 Å². The molecule has 0 atom stereocenters. The number of methoxy groups -OCH3 is 1. The Hall–Kier alpha value is -3.20. The molecule has 0 saturated heterocycles. The van der Waals surface area contributed by atoms with Gasteiger partial charge in [-0.1, -0.05) is 5.92 Å². The number of benzene rings is 1. The third kappa shape index (κ3) is 2.52. The summed E-state index contributed by atoms with van der Waals surface area (Å²) in [7, 11) is 1.62. The maximum Gasteiger partial charge on any atom is 0.438 e. The zero-order valence-corrected chi connectivity index (χ0v) is 11.9. The highest BCUT2D eigenvalue weighted by Gasteiger charge is 2.05. The molecule has 0 radical (unpaired) electrons. The number of fused-ring (bicyclic) bond motifs is 1. The molecule has 0 bridgehead atoms. The lowest BCUT2D eigenvalue weighted by Crippen LogP contribution is -2.14. The number of ether oxygens (including phenoxy) is 1. The van der Waals surface area contributed by atoms with E-state index < -0.39 is 5.76 Å². The minimum absolute atomic E-state index is 0.0838. The second-order valence-corrected chi connectivity index (χ2v) is 4.56. The molecule has 1 aromatic carbocycles. The minimum Gasteiger partial charge on any atom is -0.497 e. The van der Waals surface area contributed by atoms with Crippen LogP contribution in [-0.2, 0) is 6.54 Å². The molecule has 2 aromatic heterocycles. The van der Waals surface area contributed by atoms with Gasteiger partial charge in [-0.05, 0) is 24.3 Å². The molecule has 0 amide bonds. The molecule has 3 aromatic rings. The maximum atomic E-state index is 11.5. The molecular weight excluding hydrogens is 282 g/mol. The number of rotatable bonds is 4. The summed E-state index contributed by atoms with van der Waals surface area (Å²) in [6.45, 7) is 0.0838. The number of H-pyrrole nitrogens is 1. The first-order valence-electron chi connectivity index (χ1n) is 6.56. The summed E-state index contributed by atoms with van der Waals surface area (Å²) >= 11 is 0. The Morgan fingerprint density at radius 3 is 3.14 bits per heavy atom. The zero-order chi connectivity index (χ0) is 15.5. The van der Waals surface area contributed by atoms with Gasteiger partial charge < -0.3 is 14.1 Å². The van der Waals surface area contributed by atoms with E-state index in [0.29, 0.717) is 0 Å². The van der Waals surface area contributed by atoms with Crippen molar-refractivity contribution in [3.63, 3.8) is 0 Å². The number of nitrogens with one attached hydrogen (secondary N) is 1. The number of hydrogen-bond acceptors (Lipinski definition) is 4. The van der Waals surface area contributed by atoms with Gasteiger partial charge in [0.15, 0.2) is 0 Å². The average molecular weight is 295 g/mol. The number of hydrogen-bond donors (Lipinski definition) is 1. The predicted octanol–water partition coefficient (Wildman–Crippen LogP) is 2.13. The van der Waals surface area contributed by atoms with E-state index in [0.717, 1.165) is 26.9 Å². The van der Waals surface area contributed by atoms with Crippen molar-refractivity contribution in [1.82, 2.24) is 14.8 Å². The highest BCUT2D eigenvalue weighted by Crippen LogP contribution is 2.24. The third-order valence-electron chi connectivity index (χ3n) is 3.19. The fourth-order valence-electron chi connectivity index (χ4n) is 2.12. The van der Waals surface area contributed by atoms with Crippen LogP contribution in [0.4, 0.5) is 0 Å². The van der Waals surface area contributed by atoms with Crippen LogP contribution < -0.4 is 10.5 Å². The number of nitrogens with zero attached hydrogens (tertiary/aromatic N) is 2. The molecule has 0 unspecified atom stereocenters. The molecule has 0 aliphatic carbocycles. The van der Waals surface area contributed by atoms with Crippen LogP contribution >= 0.6 is 0 Å². The van der Waals surface area contributed by atoms with Crippen LogP contribution in [0.3, 0.4) is 0 Å². The molecule has 6 heteroatoms.